The molecule has 1 fully saturated rings. The summed E-state index contributed by atoms with van der Waals surface area (Å²) in [5.41, 5.74) is 1.14. The molecule has 0 spiro atoms. The SMILES string of the molecule is CC(C(=O)NCc1cc(Br)cc(Br)c1)C1(c2ccc(F)c(F)c2)CCN(C)CC1. The molecule has 3 nitrogen and oxygen atoms in total. The smallest absolute Gasteiger partial charge is 0.223 e. The number of nitrogens with one attached hydrogen (secondary N) is 1. The molecule has 156 valence electrons. The molecule has 0 bridgehead atoms. The lowest BCUT2D eigenvalue weighted by Crippen LogP contribution is -2.49. The van der Waals surface area contributed by atoms with Crippen molar-refractivity contribution >= 4 is 37.8 Å². The van der Waals surface area contributed by atoms with E-state index in [0.29, 0.717) is 24.9 Å². The Kier molecular flexibility index (Phi) is 7.12. The van der Waals surface area contributed by atoms with Gasteiger partial charge in [0.25, 0.3) is 0 Å². The summed E-state index contributed by atoms with van der Waals surface area (Å²) in [6, 6.07) is 9.89. The molecule has 29 heavy (non-hydrogen) atoms. The van der Waals surface area contributed by atoms with Crippen molar-refractivity contribution in [2.45, 2.75) is 31.7 Å². The van der Waals surface area contributed by atoms with Crippen molar-refractivity contribution < 1.29 is 13.6 Å². The number of likely N-dealkylation sites (tertiary alicyclic amines) is 1. The minimum atomic E-state index is -0.868. The minimum absolute atomic E-state index is 0.0876. The van der Waals surface area contributed by atoms with Gasteiger partial charge in [-0.15, -0.1) is 0 Å². The first kappa shape index (κ1) is 22.4. The number of amides is 1. The Balaban J connectivity index is 1.83. The van der Waals surface area contributed by atoms with Crippen molar-refractivity contribution in [3.05, 3.63) is 68.1 Å². The number of benzene rings is 2. The predicted octanol–water partition coefficient (Wildman–Crippen LogP) is 5.41. The summed E-state index contributed by atoms with van der Waals surface area (Å²) in [5.74, 6) is -2.20. The summed E-state index contributed by atoms with van der Waals surface area (Å²) < 4.78 is 29.4. The van der Waals surface area contributed by atoms with Gasteiger partial charge >= 0.3 is 0 Å². The van der Waals surface area contributed by atoms with Gasteiger partial charge < -0.3 is 10.2 Å². The predicted molar refractivity (Wildman–Crippen MR) is 118 cm³/mol. The first-order valence-electron chi connectivity index (χ1n) is 9.58. The van der Waals surface area contributed by atoms with Gasteiger partial charge in [-0.2, -0.15) is 0 Å². The largest absolute Gasteiger partial charge is 0.352 e. The zero-order chi connectivity index (χ0) is 21.2. The second-order valence-electron chi connectivity index (χ2n) is 7.81. The average Bonchev–Trinajstić information content (AvgIpc) is 2.68. The number of nitrogens with zero attached hydrogens (tertiary/aromatic N) is 1. The maximum absolute atomic E-state index is 14.0. The van der Waals surface area contributed by atoms with Gasteiger partial charge in [-0.1, -0.05) is 44.8 Å². The normalized spacial score (nSPS) is 17.7. The molecule has 1 heterocycles. The molecule has 2 aromatic carbocycles. The van der Waals surface area contributed by atoms with Gasteiger partial charge in [-0.3, -0.25) is 4.79 Å². The van der Waals surface area contributed by atoms with Crippen LogP contribution in [0.1, 0.15) is 30.9 Å². The summed E-state index contributed by atoms with van der Waals surface area (Å²) in [6.45, 7) is 3.89. The van der Waals surface area contributed by atoms with E-state index in [4.69, 9.17) is 0 Å². The van der Waals surface area contributed by atoms with Crippen LogP contribution in [-0.4, -0.2) is 30.9 Å². The summed E-state index contributed by atoms with van der Waals surface area (Å²) >= 11 is 6.91. The molecular weight excluding hydrogens is 506 g/mol. The quantitative estimate of drug-likeness (QED) is 0.562. The molecule has 1 atom stereocenters. The Bertz CT molecular complexity index is 878. The Morgan fingerprint density at radius 2 is 1.72 bits per heavy atom. The lowest BCUT2D eigenvalue weighted by molar-refractivity contribution is -0.127. The number of piperidine rings is 1. The molecule has 2 aromatic rings. The Morgan fingerprint density at radius 1 is 1.10 bits per heavy atom. The van der Waals surface area contributed by atoms with Gasteiger partial charge in [0.15, 0.2) is 11.6 Å². The fraction of sp³-hybridized carbons (Fsp3) is 0.409. The molecule has 0 aliphatic carbocycles. The van der Waals surface area contributed by atoms with Crippen molar-refractivity contribution in [3.8, 4) is 0 Å². The molecule has 1 saturated heterocycles. The third kappa shape index (κ3) is 5.06. The maximum atomic E-state index is 14.0. The number of rotatable bonds is 5. The van der Waals surface area contributed by atoms with Gasteiger partial charge in [0.2, 0.25) is 5.91 Å². The van der Waals surface area contributed by atoms with Gasteiger partial charge in [0.1, 0.15) is 0 Å². The summed E-state index contributed by atoms with van der Waals surface area (Å²) in [7, 11) is 2.03. The van der Waals surface area contributed by atoms with E-state index < -0.39 is 17.0 Å². The summed E-state index contributed by atoms with van der Waals surface area (Å²) in [4.78, 5) is 15.3. The van der Waals surface area contributed by atoms with Crippen molar-refractivity contribution in [1.82, 2.24) is 10.2 Å². The molecule has 0 saturated carbocycles. The van der Waals surface area contributed by atoms with Crippen LogP contribution in [0.15, 0.2) is 45.3 Å². The summed E-state index contributed by atoms with van der Waals surface area (Å²) in [5, 5.41) is 3.02. The molecule has 1 amide bonds. The van der Waals surface area contributed by atoms with E-state index in [0.717, 1.165) is 33.7 Å². The highest BCUT2D eigenvalue weighted by Crippen LogP contribution is 2.42. The lowest BCUT2D eigenvalue weighted by Gasteiger charge is -2.44. The van der Waals surface area contributed by atoms with Crippen LogP contribution < -0.4 is 5.32 Å². The number of hydrogen-bond acceptors (Lipinski definition) is 2. The zero-order valence-electron chi connectivity index (χ0n) is 16.4. The third-order valence-corrected chi connectivity index (χ3v) is 6.90. The van der Waals surface area contributed by atoms with Crippen LogP contribution in [0.4, 0.5) is 8.78 Å². The standard InChI is InChI=1S/C22H24Br2F2N2O/c1-14(21(29)27-13-15-9-17(23)12-18(24)10-15)22(5-7-28(2)8-6-22)16-3-4-19(25)20(26)11-16/h3-4,9-12,14H,5-8,13H2,1-2H3,(H,27,29). The van der Waals surface area contributed by atoms with Crippen LogP contribution in [0.25, 0.3) is 0 Å². The topological polar surface area (TPSA) is 32.3 Å². The average molecular weight is 530 g/mol. The lowest BCUT2D eigenvalue weighted by atomic mass is 9.64. The van der Waals surface area contributed by atoms with Gasteiger partial charge in [-0.25, -0.2) is 8.78 Å². The van der Waals surface area contributed by atoms with Gasteiger partial charge in [0, 0.05) is 26.8 Å². The second kappa shape index (κ2) is 9.23. The van der Waals surface area contributed by atoms with Crippen LogP contribution in [0.2, 0.25) is 0 Å². The molecule has 1 N–H and O–H groups in total. The van der Waals surface area contributed by atoms with E-state index in [-0.39, 0.29) is 11.8 Å². The van der Waals surface area contributed by atoms with E-state index >= 15 is 0 Å². The molecule has 3 rings (SSSR count). The minimum Gasteiger partial charge on any atom is -0.352 e. The highest BCUT2D eigenvalue weighted by atomic mass is 79.9. The zero-order valence-corrected chi connectivity index (χ0v) is 19.6. The Labute approximate surface area is 187 Å². The van der Waals surface area contributed by atoms with Crippen LogP contribution >= 0.6 is 31.9 Å². The number of hydrogen-bond donors (Lipinski definition) is 1. The molecular formula is C22H24Br2F2N2O. The molecule has 0 radical (unpaired) electrons. The van der Waals surface area contributed by atoms with E-state index in [1.54, 1.807) is 6.07 Å². The molecule has 7 heteroatoms. The van der Waals surface area contributed by atoms with Gasteiger partial charge in [0.05, 0.1) is 0 Å². The van der Waals surface area contributed by atoms with Crippen molar-refractivity contribution in [2.24, 2.45) is 5.92 Å². The van der Waals surface area contributed by atoms with Crippen LogP contribution in [0, 0.1) is 17.6 Å². The van der Waals surface area contributed by atoms with E-state index in [1.165, 1.54) is 6.07 Å². The highest BCUT2D eigenvalue weighted by Gasteiger charge is 2.43. The second-order valence-corrected chi connectivity index (χ2v) is 9.64. The van der Waals surface area contributed by atoms with Crippen LogP contribution in [0.5, 0.6) is 0 Å². The van der Waals surface area contributed by atoms with E-state index in [9.17, 15) is 13.6 Å². The monoisotopic (exact) mass is 528 g/mol. The van der Waals surface area contributed by atoms with Crippen molar-refractivity contribution in [3.63, 3.8) is 0 Å². The first-order chi connectivity index (χ1) is 13.7. The number of carbonyl (C=O) groups excluding carboxylic acids is 1. The first-order valence-corrected chi connectivity index (χ1v) is 11.2. The van der Waals surface area contributed by atoms with Crippen molar-refractivity contribution in [1.29, 1.82) is 0 Å². The van der Waals surface area contributed by atoms with Crippen molar-refractivity contribution in [2.75, 3.05) is 20.1 Å². The highest BCUT2D eigenvalue weighted by molar-refractivity contribution is 9.11. The van der Waals surface area contributed by atoms with Gasteiger partial charge in [-0.05, 0) is 74.4 Å². The number of carbonyl (C=O) groups is 1. The number of halogens is 4. The van der Waals surface area contributed by atoms with E-state index in [2.05, 4.69) is 42.1 Å². The molecule has 1 unspecified atom stereocenters. The molecule has 1 aliphatic heterocycles. The molecule has 0 aromatic heterocycles. The fourth-order valence-corrected chi connectivity index (χ4v) is 5.49. The van der Waals surface area contributed by atoms with E-state index in [1.807, 2.05) is 32.2 Å². The summed E-state index contributed by atoms with van der Waals surface area (Å²) in [6.07, 6.45) is 1.43. The Morgan fingerprint density at radius 3 is 2.31 bits per heavy atom. The van der Waals surface area contributed by atoms with Crippen LogP contribution in [0.3, 0.4) is 0 Å². The maximum Gasteiger partial charge on any atom is 0.223 e. The third-order valence-electron chi connectivity index (χ3n) is 5.99. The fourth-order valence-electron chi connectivity index (χ4n) is 4.10. The Hall–Kier alpha value is -1.31. The molecule has 1 aliphatic rings. The van der Waals surface area contributed by atoms with Crippen LogP contribution in [-0.2, 0) is 16.8 Å².